The molecule has 1 heterocycles. The molecule has 1 aliphatic rings. The predicted octanol–water partition coefficient (Wildman–Crippen LogP) is 4.27. The number of aliphatic hydroxyl groups is 1. The summed E-state index contributed by atoms with van der Waals surface area (Å²) in [5, 5.41) is 10.2. The van der Waals surface area contributed by atoms with Crippen LogP contribution in [0.4, 0.5) is 0 Å². The van der Waals surface area contributed by atoms with E-state index in [-0.39, 0.29) is 6.10 Å². The van der Waals surface area contributed by atoms with Crippen molar-refractivity contribution in [3.63, 3.8) is 0 Å². The molecule has 112 valence electrons. The molecule has 1 N–H and O–H groups in total. The Morgan fingerprint density at radius 1 is 1.05 bits per heavy atom. The number of nitrogens with zero attached hydrogens (tertiary/aromatic N) is 1. The zero-order chi connectivity index (χ0) is 14.5. The van der Waals surface area contributed by atoms with Crippen LogP contribution < -0.4 is 0 Å². The summed E-state index contributed by atoms with van der Waals surface area (Å²) in [5.41, 5.74) is 3.97. The van der Waals surface area contributed by atoms with Crippen molar-refractivity contribution < 1.29 is 5.11 Å². The first-order valence-electron chi connectivity index (χ1n) is 8.23. The van der Waals surface area contributed by atoms with E-state index >= 15 is 0 Å². The van der Waals surface area contributed by atoms with E-state index in [1.54, 1.807) is 0 Å². The van der Waals surface area contributed by atoms with E-state index in [1.165, 1.54) is 36.0 Å². The van der Waals surface area contributed by atoms with Crippen molar-refractivity contribution in [2.24, 2.45) is 0 Å². The van der Waals surface area contributed by atoms with Crippen LogP contribution in [-0.4, -0.2) is 9.67 Å². The molecule has 0 saturated carbocycles. The zero-order valence-corrected chi connectivity index (χ0v) is 12.7. The van der Waals surface area contributed by atoms with E-state index in [4.69, 9.17) is 0 Å². The van der Waals surface area contributed by atoms with E-state index in [2.05, 4.69) is 47.3 Å². The Morgan fingerprint density at radius 3 is 2.76 bits per heavy atom. The second-order valence-corrected chi connectivity index (χ2v) is 6.18. The van der Waals surface area contributed by atoms with Crippen molar-refractivity contribution in [3.8, 4) is 0 Å². The molecule has 1 aliphatic carbocycles. The number of hydrogen-bond acceptors (Lipinski definition) is 1. The van der Waals surface area contributed by atoms with Crippen LogP contribution in [0, 0.1) is 0 Å². The maximum Gasteiger partial charge on any atom is 0.0807 e. The van der Waals surface area contributed by atoms with Gasteiger partial charge < -0.3 is 9.67 Å². The summed E-state index contributed by atoms with van der Waals surface area (Å²) in [7, 11) is 0. The Hall–Kier alpha value is -1.54. The van der Waals surface area contributed by atoms with Crippen LogP contribution in [0.25, 0.3) is 0 Å². The van der Waals surface area contributed by atoms with Crippen molar-refractivity contribution >= 4 is 0 Å². The molecule has 0 radical (unpaired) electrons. The van der Waals surface area contributed by atoms with Gasteiger partial charge in [-0.2, -0.15) is 0 Å². The Morgan fingerprint density at radius 2 is 1.90 bits per heavy atom. The van der Waals surface area contributed by atoms with Crippen LogP contribution in [0.1, 0.15) is 54.9 Å². The predicted molar refractivity (Wildman–Crippen MR) is 86.3 cm³/mol. The van der Waals surface area contributed by atoms with Gasteiger partial charge in [0.05, 0.1) is 6.10 Å². The van der Waals surface area contributed by atoms with Crippen LogP contribution in [0.3, 0.4) is 0 Å². The van der Waals surface area contributed by atoms with Crippen LogP contribution in [0.5, 0.6) is 0 Å². The minimum atomic E-state index is -0.243. The largest absolute Gasteiger partial charge is 0.388 e. The minimum absolute atomic E-state index is 0.243. The van der Waals surface area contributed by atoms with Crippen LogP contribution in [-0.2, 0) is 19.4 Å². The lowest BCUT2D eigenvalue weighted by Crippen LogP contribution is -1.98. The van der Waals surface area contributed by atoms with Crippen molar-refractivity contribution in [1.82, 2.24) is 4.57 Å². The maximum atomic E-state index is 10.2. The van der Waals surface area contributed by atoms with Crippen LogP contribution in [0.2, 0.25) is 0 Å². The highest BCUT2D eigenvalue weighted by molar-refractivity contribution is 5.28. The number of benzene rings is 1. The lowest BCUT2D eigenvalue weighted by atomic mass is 10.1. The average molecular weight is 283 g/mol. The van der Waals surface area contributed by atoms with Crippen LogP contribution in [0.15, 0.2) is 42.7 Å². The number of rotatable bonds is 5. The van der Waals surface area contributed by atoms with E-state index in [0.29, 0.717) is 0 Å². The highest BCUT2D eigenvalue weighted by atomic mass is 16.3. The fourth-order valence-electron chi connectivity index (χ4n) is 3.29. The normalized spacial score (nSPS) is 18.2. The van der Waals surface area contributed by atoms with Gasteiger partial charge in [0.1, 0.15) is 0 Å². The number of aryl methyl sites for hydroxylation is 3. The van der Waals surface area contributed by atoms with E-state index in [1.807, 2.05) is 0 Å². The summed E-state index contributed by atoms with van der Waals surface area (Å²) in [4.78, 5) is 0. The Bertz CT molecular complexity index is 558. The molecule has 1 aromatic heterocycles. The van der Waals surface area contributed by atoms with Gasteiger partial charge in [-0.15, -0.1) is 0 Å². The second-order valence-electron chi connectivity index (χ2n) is 6.18. The number of aromatic nitrogens is 1. The molecule has 2 aromatic rings. The average Bonchev–Trinajstić information content (AvgIpc) is 2.84. The first-order chi connectivity index (χ1) is 10.3. The molecule has 1 aromatic carbocycles. The third kappa shape index (κ3) is 3.76. The van der Waals surface area contributed by atoms with Gasteiger partial charge in [0.2, 0.25) is 0 Å². The van der Waals surface area contributed by atoms with Gasteiger partial charge in [0.15, 0.2) is 0 Å². The van der Waals surface area contributed by atoms with Crippen molar-refractivity contribution in [2.45, 2.75) is 57.6 Å². The topological polar surface area (TPSA) is 25.2 Å². The lowest BCUT2D eigenvalue weighted by molar-refractivity contribution is 0.166. The quantitative estimate of drug-likeness (QED) is 0.643. The van der Waals surface area contributed by atoms with Gasteiger partial charge >= 0.3 is 0 Å². The van der Waals surface area contributed by atoms with E-state index in [9.17, 15) is 5.11 Å². The minimum Gasteiger partial charge on any atom is -0.388 e. The molecule has 0 aliphatic heterocycles. The molecule has 2 nitrogen and oxygen atoms in total. The third-order valence-corrected chi connectivity index (χ3v) is 4.50. The molecular formula is C19H25NO. The van der Waals surface area contributed by atoms with E-state index in [0.717, 1.165) is 32.2 Å². The monoisotopic (exact) mass is 283 g/mol. The van der Waals surface area contributed by atoms with Crippen molar-refractivity contribution in [3.05, 3.63) is 59.4 Å². The van der Waals surface area contributed by atoms with Gasteiger partial charge in [-0.05, 0) is 49.7 Å². The summed E-state index contributed by atoms with van der Waals surface area (Å²) >= 11 is 0. The highest BCUT2D eigenvalue weighted by Gasteiger charge is 2.18. The molecule has 3 rings (SSSR count). The molecule has 0 fully saturated rings. The standard InChI is InChI=1S/C19H25NO/c21-19-12-5-4-11-17-14-20(15-18(17)19)13-7-6-10-16-8-2-1-3-9-16/h1-3,8-9,14-15,19,21H,4-7,10-13H2. The molecular weight excluding hydrogens is 258 g/mol. The SMILES string of the molecule is OC1CCCCc2cn(CCCCc3ccccc3)cc21. The number of unbranched alkanes of at least 4 members (excludes halogenated alkanes) is 1. The van der Waals surface area contributed by atoms with Gasteiger partial charge in [-0.1, -0.05) is 36.8 Å². The van der Waals surface area contributed by atoms with Crippen LogP contribution >= 0.6 is 0 Å². The Kier molecular flexibility index (Phi) is 4.76. The van der Waals surface area contributed by atoms with Gasteiger partial charge in [0.25, 0.3) is 0 Å². The van der Waals surface area contributed by atoms with E-state index < -0.39 is 0 Å². The molecule has 21 heavy (non-hydrogen) atoms. The van der Waals surface area contributed by atoms with Gasteiger partial charge in [0, 0.05) is 24.5 Å². The first kappa shape index (κ1) is 14.4. The lowest BCUT2D eigenvalue weighted by Gasteiger charge is -2.06. The molecule has 1 atom stereocenters. The summed E-state index contributed by atoms with van der Waals surface area (Å²) in [6, 6.07) is 10.7. The first-order valence-corrected chi connectivity index (χ1v) is 8.23. The van der Waals surface area contributed by atoms with Crippen molar-refractivity contribution in [2.75, 3.05) is 0 Å². The maximum absolute atomic E-state index is 10.2. The third-order valence-electron chi connectivity index (χ3n) is 4.50. The van der Waals surface area contributed by atoms with Gasteiger partial charge in [-0.25, -0.2) is 0 Å². The molecule has 1 unspecified atom stereocenters. The summed E-state index contributed by atoms with van der Waals surface area (Å²) in [6.45, 7) is 1.06. The van der Waals surface area contributed by atoms with Crippen molar-refractivity contribution in [1.29, 1.82) is 0 Å². The summed E-state index contributed by atoms with van der Waals surface area (Å²) in [5.74, 6) is 0. The fraction of sp³-hybridized carbons (Fsp3) is 0.474. The number of fused-ring (bicyclic) bond motifs is 1. The molecule has 0 amide bonds. The molecule has 0 spiro atoms. The zero-order valence-electron chi connectivity index (χ0n) is 12.7. The van der Waals surface area contributed by atoms with Gasteiger partial charge in [-0.3, -0.25) is 0 Å². The molecule has 0 bridgehead atoms. The smallest absolute Gasteiger partial charge is 0.0807 e. The fourth-order valence-corrected chi connectivity index (χ4v) is 3.29. The molecule has 0 saturated heterocycles. The highest BCUT2D eigenvalue weighted by Crippen LogP contribution is 2.29. The second kappa shape index (κ2) is 6.95. The Labute approximate surface area is 127 Å². The summed E-state index contributed by atoms with van der Waals surface area (Å²) in [6.07, 6.45) is 12.2. The Balaban J connectivity index is 1.51. The summed E-state index contributed by atoms with van der Waals surface area (Å²) < 4.78 is 2.28. The number of aliphatic hydroxyl groups excluding tert-OH is 1. The molecule has 2 heteroatoms. The number of hydrogen-bond donors (Lipinski definition) is 1.